The molecule has 1 N–H and O–H groups in total. The second-order valence-corrected chi connectivity index (χ2v) is 4.36. The molecule has 0 aliphatic heterocycles. The molecule has 2 rings (SSSR count). The minimum atomic E-state index is -0.160. The highest BCUT2D eigenvalue weighted by atomic mass is 35.5. The monoisotopic (exact) mass is 224 g/mol. The van der Waals surface area contributed by atoms with Crippen molar-refractivity contribution in [3.8, 4) is 0 Å². The van der Waals surface area contributed by atoms with Gasteiger partial charge in [0, 0.05) is 23.7 Å². The number of nitrogens with one attached hydrogen (secondary N) is 1. The van der Waals surface area contributed by atoms with Crippen molar-refractivity contribution < 1.29 is 0 Å². The largest absolute Gasteiger partial charge is 0.364 e. The third-order valence-corrected chi connectivity index (χ3v) is 2.73. The van der Waals surface area contributed by atoms with Crippen LogP contribution in [0.1, 0.15) is 13.8 Å². The van der Waals surface area contributed by atoms with E-state index in [0.717, 1.165) is 11.5 Å². The Bertz CT molecular complexity index is 463. The summed E-state index contributed by atoms with van der Waals surface area (Å²) < 4.78 is 1.72. The molecular weight excluding hydrogens is 212 g/mol. The van der Waals surface area contributed by atoms with Gasteiger partial charge >= 0.3 is 0 Å². The van der Waals surface area contributed by atoms with E-state index in [2.05, 4.69) is 15.4 Å². The molecule has 0 saturated heterocycles. The molecule has 0 aromatic carbocycles. The summed E-state index contributed by atoms with van der Waals surface area (Å²) in [4.78, 5) is 4.40. The standard InChI is InChI=1S/C10H13ClN4/c1-10(2,7-11)14-8-4-6-15-9(13-8)3-5-12-15/h3-6H,7H2,1-2H3,(H,13,14). The summed E-state index contributed by atoms with van der Waals surface area (Å²) in [6.07, 6.45) is 3.59. The van der Waals surface area contributed by atoms with Gasteiger partial charge in [-0.1, -0.05) is 0 Å². The van der Waals surface area contributed by atoms with Gasteiger partial charge in [-0.3, -0.25) is 0 Å². The number of halogens is 1. The Morgan fingerprint density at radius 1 is 1.47 bits per heavy atom. The van der Waals surface area contributed by atoms with Crippen LogP contribution in [-0.2, 0) is 0 Å². The van der Waals surface area contributed by atoms with E-state index in [0.29, 0.717) is 5.88 Å². The van der Waals surface area contributed by atoms with E-state index in [-0.39, 0.29) is 5.54 Å². The minimum absolute atomic E-state index is 0.160. The first-order valence-corrected chi connectivity index (χ1v) is 5.29. The highest BCUT2D eigenvalue weighted by Gasteiger charge is 2.16. The van der Waals surface area contributed by atoms with Gasteiger partial charge in [-0.15, -0.1) is 11.6 Å². The maximum absolute atomic E-state index is 5.83. The van der Waals surface area contributed by atoms with Gasteiger partial charge in [0.05, 0.1) is 6.20 Å². The Kier molecular flexibility index (Phi) is 2.52. The van der Waals surface area contributed by atoms with Crippen molar-refractivity contribution in [1.82, 2.24) is 14.6 Å². The Morgan fingerprint density at radius 2 is 2.27 bits per heavy atom. The molecule has 4 nitrogen and oxygen atoms in total. The second-order valence-electron chi connectivity index (χ2n) is 4.09. The number of alkyl halides is 1. The first-order valence-electron chi connectivity index (χ1n) is 4.75. The van der Waals surface area contributed by atoms with Crippen LogP contribution < -0.4 is 5.32 Å². The molecule has 5 heteroatoms. The van der Waals surface area contributed by atoms with E-state index < -0.39 is 0 Å². The molecule has 0 fully saturated rings. The van der Waals surface area contributed by atoms with Gasteiger partial charge in [0.1, 0.15) is 5.82 Å². The molecule has 2 aromatic heterocycles. The Balaban J connectivity index is 2.28. The van der Waals surface area contributed by atoms with Crippen molar-refractivity contribution in [1.29, 1.82) is 0 Å². The van der Waals surface area contributed by atoms with E-state index in [9.17, 15) is 0 Å². The fourth-order valence-electron chi connectivity index (χ4n) is 1.26. The first kappa shape index (κ1) is 10.2. The van der Waals surface area contributed by atoms with Crippen molar-refractivity contribution in [3.05, 3.63) is 24.5 Å². The van der Waals surface area contributed by atoms with Crippen LogP contribution in [0.2, 0.25) is 0 Å². The van der Waals surface area contributed by atoms with Crippen LogP contribution in [0.3, 0.4) is 0 Å². The molecule has 15 heavy (non-hydrogen) atoms. The number of rotatable bonds is 3. The minimum Gasteiger partial charge on any atom is -0.364 e. The van der Waals surface area contributed by atoms with Crippen LogP contribution in [0.25, 0.3) is 5.65 Å². The Labute approximate surface area is 93.3 Å². The van der Waals surface area contributed by atoms with Gasteiger partial charge < -0.3 is 5.32 Å². The van der Waals surface area contributed by atoms with Crippen molar-refractivity contribution in [2.45, 2.75) is 19.4 Å². The summed E-state index contributed by atoms with van der Waals surface area (Å²) >= 11 is 5.83. The molecule has 2 heterocycles. The molecule has 0 aliphatic rings. The normalized spacial score (nSPS) is 11.9. The molecule has 80 valence electrons. The van der Waals surface area contributed by atoms with E-state index in [1.54, 1.807) is 10.7 Å². The molecule has 0 amide bonds. The summed E-state index contributed by atoms with van der Waals surface area (Å²) in [5.41, 5.74) is 0.665. The fourth-order valence-corrected chi connectivity index (χ4v) is 1.33. The molecular formula is C10H13ClN4. The van der Waals surface area contributed by atoms with E-state index in [4.69, 9.17) is 11.6 Å². The number of hydrogen-bond acceptors (Lipinski definition) is 3. The molecule has 0 radical (unpaired) electrons. The van der Waals surface area contributed by atoms with E-state index in [1.807, 2.05) is 32.2 Å². The zero-order valence-corrected chi connectivity index (χ0v) is 9.49. The van der Waals surface area contributed by atoms with Gasteiger partial charge in [0.25, 0.3) is 0 Å². The smallest absolute Gasteiger partial charge is 0.157 e. The molecule has 0 unspecified atom stereocenters. The van der Waals surface area contributed by atoms with Crippen molar-refractivity contribution in [2.75, 3.05) is 11.2 Å². The maximum atomic E-state index is 5.83. The second kappa shape index (κ2) is 3.70. The predicted octanol–water partition coefficient (Wildman–Crippen LogP) is 2.16. The lowest BCUT2D eigenvalue weighted by molar-refractivity contribution is 0.637. The Hall–Kier alpha value is -1.29. The number of fused-ring (bicyclic) bond motifs is 1. The third-order valence-electron chi connectivity index (χ3n) is 2.06. The third kappa shape index (κ3) is 2.21. The van der Waals surface area contributed by atoms with Crippen LogP contribution in [0.4, 0.5) is 5.82 Å². The quantitative estimate of drug-likeness (QED) is 0.813. The molecule has 0 bridgehead atoms. The van der Waals surface area contributed by atoms with Gasteiger partial charge in [-0.25, -0.2) is 9.50 Å². The Morgan fingerprint density at radius 3 is 3.00 bits per heavy atom. The van der Waals surface area contributed by atoms with Crippen molar-refractivity contribution in [2.24, 2.45) is 0 Å². The molecule has 0 aliphatic carbocycles. The lowest BCUT2D eigenvalue weighted by atomic mass is 10.1. The van der Waals surface area contributed by atoms with Crippen molar-refractivity contribution >= 4 is 23.1 Å². The predicted molar refractivity (Wildman–Crippen MR) is 61.4 cm³/mol. The number of nitrogens with zero attached hydrogens (tertiary/aromatic N) is 3. The van der Waals surface area contributed by atoms with Gasteiger partial charge in [-0.05, 0) is 19.9 Å². The number of aromatic nitrogens is 3. The van der Waals surface area contributed by atoms with Crippen LogP contribution in [-0.4, -0.2) is 26.0 Å². The van der Waals surface area contributed by atoms with E-state index >= 15 is 0 Å². The molecule has 0 saturated carbocycles. The zero-order valence-electron chi connectivity index (χ0n) is 8.74. The average molecular weight is 225 g/mol. The summed E-state index contributed by atoms with van der Waals surface area (Å²) in [6, 6.07) is 3.74. The van der Waals surface area contributed by atoms with Crippen LogP contribution in [0, 0.1) is 0 Å². The molecule has 0 spiro atoms. The molecule has 2 aromatic rings. The highest BCUT2D eigenvalue weighted by Crippen LogP contribution is 2.14. The lowest BCUT2D eigenvalue weighted by Crippen LogP contribution is -2.33. The van der Waals surface area contributed by atoms with E-state index in [1.165, 1.54) is 0 Å². The summed E-state index contributed by atoms with van der Waals surface area (Å²) in [5, 5.41) is 7.34. The lowest BCUT2D eigenvalue weighted by Gasteiger charge is -2.23. The topological polar surface area (TPSA) is 42.2 Å². The number of hydrogen-bond donors (Lipinski definition) is 1. The maximum Gasteiger partial charge on any atom is 0.157 e. The van der Waals surface area contributed by atoms with Gasteiger partial charge in [0.15, 0.2) is 5.65 Å². The SMILES string of the molecule is CC(C)(CCl)Nc1ccn2nccc2n1. The number of anilines is 1. The zero-order chi connectivity index (χ0) is 10.9. The van der Waals surface area contributed by atoms with Gasteiger partial charge in [-0.2, -0.15) is 5.10 Å². The van der Waals surface area contributed by atoms with Crippen LogP contribution in [0.5, 0.6) is 0 Å². The van der Waals surface area contributed by atoms with Gasteiger partial charge in [0.2, 0.25) is 0 Å². The van der Waals surface area contributed by atoms with Crippen molar-refractivity contribution in [3.63, 3.8) is 0 Å². The highest BCUT2D eigenvalue weighted by molar-refractivity contribution is 6.18. The summed E-state index contributed by atoms with van der Waals surface area (Å²) in [6.45, 7) is 4.06. The van der Waals surface area contributed by atoms with Crippen LogP contribution >= 0.6 is 11.6 Å². The summed E-state index contributed by atoms with van der Waals surface area (Å²) in [7, 11) is 0. The summed E-state index contributed by atoms with van der Waals surface area (Å²) in [5.74, 6) is 1.34. The average Bonchev–Trinajstić information content (AvgIpc) is 2.64. The first-order chi connectivity index (χ1) is 7.11. The van der Waals surface area contributed by atoms with Crippen LogP contribution in [0.15, 0.2) is 24.5 Å². The fraction of sp³-hybridized carbons (Fsp3) is 0.400. The molecule has 0 atom stereocenters.